The minimum atomic E-state index is 0. The Morgan fingerprint density at radius 1 is 1.56 bits per heavy atom. The summed E-state index contributed by atoms with van der Waals surface area (Å²) in [7, 11) is 0. The Hall–Kier alpha value is -0.0800. The van der Waals surface area contributed by atoms with Crippen LogP contribution in [0.1, 0.15) is 32.6 Å². The summed E-state index contributed by atoms with van der Waals surface area (Å²) < 4.78 is 10.9. The smallest absolute Gasteiger partial charge is 0.188 e. The molecule has 1 rings (SSSR count). The predicted molar refractivity (Wildman–Crippen MR) is 84.6 cm³/mol. The highest BCUT2D eigenvalue weighted by molar-refractivity contribution is 14.0. The Morgan fingerprint density at radius 2 is 2.39 bits per heavy atom. The van der Waals surface area contributed by atoms with E-state index >= 15 is 0 Å². The number of nitrogens with one attached hydrogen (secondary N) is 1. The number of guanidine groups is 1. The highest BCUT2D eigenvalue weighted by Gasteiger charge is 2.14. The maximum atomic E-state index is 5.68. The number of hydrogen-bond donors (Lipinski definition) is 2. The number of ether oxygens (including phenoxy) is 2. The molecule has 0 amide bonds. The lowest BCUT2D eigenvalue weighted by atomic mass is 10.2. The number of halogens is 1. The van der Waals surface area contributed by atoms with Gasteiger partial charge < -0.3 is 20.5 Å². The first-order valence-electron chi connectivity index (χ1n) is 6.56. The SMILES string of the molecule is CCCCN=C(N)NCCOCC1CCCO1.I. The molecule has 0 aromatic heterocycles. The van der Waals surface area contributed by atoms with Gasteiger partial charge in [-0.05, 0) is 19.3 Å². The van der Waals surface area contributed by atoms with Crippen molar-refractivity contribution < 1.29 is 9.47 Å². The van der Waals surface area contributed by atoms with Crippen molar-refractivity contribution in [3.05, 3.63) is 0 Å². The van der Waals surface area contributed by atoms with Crippen LogP contribution in [0.5, 0.6) is 0 Å². The van der Waals surface area contributed by atoms with Gasteiger partial charge in [-0.3, -0.25) is 4.99 Å². The first kappa shape index (κ1) is 17.9. The van der Waals surface area contributed by atoms with Crippen molar-refractivity contribution in [2.24, 2.45) is 10.7 Å². The average Bonchev–Trinajstić information content (AvgIpc) is 2.82. The Bertz CT molecular complexity index is 221. The van der Waals surface area contributed by atoms with Crippen LogP contribution >= 0.6 is 24.0 Å². The van der Waals surface area contributed by atoms with Crippen molar-refractivity contribution in [3.8, 4) is 0 Å². The van der Waals surface area contributed by atoms with Crippen LogP contribution in [0.3, 0.4) is 0 Å². The zero-order chi connectivity index (χ0) is 12.3. The van der Waals surface area contributed by atoms with Crippen LogP contribution in [0.25, 0.3) is 0 Å². The topological polar surface area (TPSA) is 68.9 Å². The third kappa shape index (κ3) is 8.93. The van der Waals surface area contributed by atoms with Gasteiger partial charge in [-0.1, -0.05) is 13.3 Å². The van der Waals surface area contributed by atoms with Crippen LogP contribution in [0.15, 0.2) is 4.99 Å². The molecule has 1 aliphatic heterocycles. The molecule has 1 fully saturated rings. The Kier molecular flexibility index (Phi) is 11.9. The number of aliphatic imine (C=N–C) groups is 1. The van der Waals surface area contributed by atoms with Gasteiger partial charge in [-0.25, -0.2) is 0 Å². The summed E-state index contributed by atoms with van der Waals surface area (Å²) in [5, 5.41) is 3.03. The van der Waals surface area contributed by atoms with Gasteiger partial charge in [0, 0.05) is 19.7 Å². The number of unbranched alkanes of at least 4 members (excludes halogenated alkanes) is 1. The summed E-state index contributed by atoms with van der Waals surface area (Å²) in [6.07, 6.45) is 4.79. The van der Waals surface area contributed by atoms with Crippen molar-refractivity contribution in [3.63, 3.8) is 0 Å². The van der Waals surface area contributed by atoms with E-state index in [-0.39, 0.29) is 24.0 Å². The predicted octanol–water partition coefficient (Wildman–Crippen LogP) is 1.50. The van der Waals surface area contributed by atoms with Crippen LogP contribution in [0.2, 0.25) is 0 Å². The molecule has 5 nitrogen and oxygen atoms in total. The van der Waals surface area contributed by atoms with Crippen LogP contribution in [0, 0.1) is 0 Å². The van der Waals surface area contributed by atoms with Crippen molar-refractivity contribution in [2.45, 2.75) is 38.7 Å². The van der Waals surface area contributed by atoms with Gasteiger partial charge in [-0.15, -0.1) is 24.0 Å². The molecule has 1 heterocycles. The summed E-state index contributed by atoms with van der Waals surface area (Å²) >= 11 is 0. The van der Waals surface area contributed by atoms with E-state index in [0.29, 0.717) is 31.8 Å². The fourth-order valence-electron chi connectivity index (χ4n) is 1.66. The molecule has 6 heteroatoms. The summed E-state index contributed by atoms with van der Waals surface area (Å²) in [5.74, 6) is 0.513. The zero-order valence-electron chi connectivity index (χ0n) is 11.2. The molecule has 0 aromatic carbocycles. The van der Waals surface area contributed by atoms with E-state index in [2.05, 4.69) is 17.2 Å². The molecule has 1 saturated heterocycles. The van der Waals surface area contributed by atoms with Crippen LogP contribution < -0.4 is 11.1 Å². The van der Waals surface area contributed by atoms with Gasteiger partial charge in [0.1, 0.15) is 0 Å². The lowest BCUT2D eigenvalue weighted by Crippen LogP contribution is -2.34. The summed E-state index contributed by atoms with van der Waals surface area (Å²) in [5.41, 5.74) is 5.68. The molecular formula is C12H26IN3O2. The van der Waals surface area contributed by atoms with E-state index in [1.54, 1.807) is 0 Å². The van der Waals surface area contributed by atoms with Crippen molar-refractivity contribution in [1.29, 1.82) is 0 Å². The number of nitrogens with zero attached hydrogens (tertiary/aromatic N) is 1. The second kappa shape index (κ2) is 12.0. The summed E-state index contributed by atoms with van der Waals surface area (Å²) in [4.78, 5) is 4.19. The first-order valence-corrected chi connectivity index (χ1v) is 6.56. The molecule has 1 atom stereocenters. The molecule has 0 saturated carbocycles. The van der Waals surface area contributed by atoms with Crippen molar-refractivity contribution >= 4 is 29.9 Å². The number of hydrogen-bond acceptors (Lipinski definition) is 3. The monoisotopic (exact) mass is 371 g/mol. The average molecular weight is 371 g/mol. The van der Waals surface area contributed by atoms with E-state index in [4.69, 9.17) is 15.2 Å². The molecule has 0 radical (unpaired) electrons. The standard InChI is InChI=1S/C12H25N3O2.HI/c1-2-3-6-14-12(13)15-7-9-16-10-11-5-4-8-17-11;/h11H,2-10H2,1H3,(H3,13,14,15);1H. The minimum Gasteiger partial charge on any atom is -0.377 e. The van der Waals surface area contributed by atoms with Crippen LogP contribution in [0.4, 0.5) is 0 Å². The molecule has 0 aromatic rings. The Labute approximate surface area is 127 Å². The van der Waals surface area contributed by atoms with E-state index in [0.717, 1.165) is 38.8 Å². The van der Waals surface area contributed by atoms with Gasteiger partial charge in [0.05, 0.1) is 19.3 Å². The summed E-state index contributed by atoms with van der Waals surface area (Å²) in [6.45, 7) is 5.85. The van der Waals surface area contributed by atoms with E-state index in [1.807, 2.05) is 0 Å². The highest BCUT2D eigenvalue weighted by Crippen LogP contribution is 2.11. The molecular weight excluding hydrogens is 345 g/mol. The quantitative estimate of drug-likeness (QED) is 0.294. The second-order valence-electron chi connectivity index (χ2n) is 4.26. The van der Waals surface area contributed by atoms with E-state index in [1.165, 1.54) is 0 Å². The lowest BCUT2D eigenvalue weighted by Gasteiger charge is -2.10. The first-order chi connectivity index (χ1) is 8.33. The molecule has 18 heavy (non-hydrogen) atoms. The van der Waals surface area contributed by atoms with E-state index < -0.39 is 0 Å². The third-order valence-corrected chi connectivity index (χ3v) is 2.67. The fraction of sp³-hybridized carbons (Fsp3) is 0.917. The van der Waals surface area contributed by atoms with Gasteiger partial charge in [-0.2, -0.15) is 0 Å². The second-order valence-corrected chi connectivity index (χ2v) is 4.26. The highest BCUT2D eigenvalue weighted by atomic mass is 127. The van der Waals surface area contributed by atoms with E-state index in [9.17, 15) is 0 Å². The fourth-order valence-corrected chi connectivity index (χ4v) is 1.66. The Balaban J connectivity index is 0.00000289. The number of rotatable bonds is 8. The molecule has 0 aliphatic carbocycles. The van der Waals surface area contributed by atoms with Gasteiger partial charge in [0.15, 0.2) is 5.96 Å². The van der Waals surface area contributed by atoms with Gasteiger partial charge >= 0.3 is 0 Å². The third-order valence-electron chi connectivity index (χ3n) is 2.67. The minimum absolute atomic E-state index is 0. The largest absolute Gasteiger partial charge is 0.377 e. The van der Waals surface area contributed by atoms with Crippen molar-refractivity contribution in [2.75, 3.05) is 32.9 Å². The normalized spacial score (nSPS) is 19.6. The molecule has 1 aliphatic rings. The van der Waals surface area contributed by atoms with Crippen LogP contribution in [-0.2, 0) is 9.47 Å². The number of nitrogens with two attached hydrogens (primary N) is 1. The molecule has 3 N–H and O–H groups in total. The molecule has 108 valence electrons. The van der Waals surface area contributed by atoms with Crippen LogP contribution in [-0.4, -0.2) is 45.0 Å². The molecule has 0 bridgehead atoms. The maximum absolute atomic E-state index is 5.68. The van der Waals surface area contributed by atoms with Gasteiger partial charge in [0.25, 0.3) is 0 Å². The molecule has 1 unspecified atom stereocenters. The summed E-state index contributed by atoms with van der Waals surface area (Å²) in [6, 6.07) is 0. The van der Waals surface area contributed by atoms with Gasteiger partial charge in [0.2, 0.25) is 0 Å². The zero-order valence-corrected chi connectivity index (χ0v) is 13.5. The molecule has 0 spiro atoms. The maximum Gasteiger partial charge on any atom is 0.188 e. The Morgan fingerprint density at radius 3 is 3.06 bits per heavy atom. The lowest BCUT2D eigenvalue weighted by molar-refractivity contribution is 0.0191. The van der Waals surface area contributed by atoms with Crippen molar-refractivity contribution in [1.82, 2.24) is 5.32 Å².